The lowest BCUT2D eigenvalue weighted by Crippen LogP contribution is -2.31. The summed E-state index contributed by atoms with van der Waals surface area (Å²) in [6.07, 6.45) is 6.31. The van der Waals surface area contributed by atoms with Crippen molar-refractivity contribution in [1.82, 2.24) is 15.0 Å². The Bertz CT molecular complexity index is 979. The third kappa shape index (κ3) is 2.51. The molecule has 26 heavy (non-hydrogen) atoms. The van der Waals surface area contributed by atoms with Crippen LogP contribution < -0.4 is 4.90 Å². The van der Waals surface area contributed by atoms with E-state index >= 15 is 0 Å². The van der Waals surface area contributed by atoms with Crippen molar-refractivity contribution in [1.29, 1.82) is 0 Å². The quantitative estimate of drug-likeness (QED) is 0.599. The molecule has 5 nitrogen and oxygen atoms in total. The van der Waals surface area contributed by atoms with E-state index in [1.807, 2.05) is 24.4 Å². The first-order valence-corrected chi connectivity index (χ1v) is 9.19. The van der Waals surface area contributed by atoms with Crippen LogP contribution in [0.25, 0.3) is 22.6 Å². The van der Waals surface area contributed by atoms with Gasteiger partial charge in [-0.05, 0) is 43.5 Å². The largest absolute Gasteiger partial charge is 0.508 e. The minimum absolute atomic E-state index is 0.230. The molecular formula is C21H20N4O. The first-order chi connectivity index (χ1) is 12.8. The normalized spacial score (nSPS) is 15.6. The molecule has 1 saturated heterocycles. The van der Waals surface area contributed by atoms with Crippen LogP contribution in [0.1, 0.15) is 30.5 Å². The number of phenols is 1. The number of hydrogen-bond acceptors (Lipinski definition) is 5. The second-order valence-electron chi connectivity index (χ2n) is 6.97. The van der Waals surface area contributed by atoms with E-state index in [1.54, 1.807) is 12.1 Å². The highest BCUT2D eigenvalue weighted by Crippen LogP contribution is 2.40. The zero-order valence-electron chi connectivity index (χ0n) is 14.5. The van der Waals surface area contributed by atoms with E-state index in [-0.39, 0.29) is 5.75 Å². The van der Waals surface area contributed by atoms with Gasteiger partial charge in [0, 0.05) is 42.4 Å². The first kappa shape index (κ1) is 15.3. The Morgan fingerprint density at radius 2 is 1.85 bits per heavy atom. The number of phenolic OH excluding ortho intramolecular Hbond substituents is 1. The van der Waals surface area contributed by atoms with Gasteiger partial charge in [0.15, 0.2) is 5.82 Å². The molecule has 0 spiro atoms. The van der Waals surface area contributed by atoms with Gasteiger partial charge in [-0.2, -0.15) is 0 Å². The van der Waals surface area contributed by atoms with Crippen LogP contribution in [0, 0.1) is 0 Å². The predicted octanol–water partition coefficient (Wildman–Crippen LogP) is 3.81. The lowest BCUT2D eigenvalue weighted by atomic mass is 10.1. The number of nitrogens with zero attached hydrogens (tertiary/aromatic N) is 4. The van der Waals surface area contributed by atoms with E-state index in [2.05, 4.69) is 16.0 Å². The summed E-state index contributed by atoms with van der Waals surface area (Å²) < 4.78 is 0. The second-order valence-corrected chi connectivity index (χ2v) is 6.97. The molecule has 1 fully saturated rings. The van der Waals surface area contributed by atoms with Crippen LogP contribution in [0.15, 0.2) is 42.6 Å². The maximum absolute atomic E-state index is 9.87. The van der Waals surface area contributed by atoms with Gasteiger partial charge in [0.05, 0.1) is 11.4 Å². The predicted molar refractivity (Wildman–Crippen MR) is 101 cm³/mol. The van der Waals surface area contributed by atoms with E-state index in [0.717, 1.165) is 47.8 Å². The molecule has 1 aliphatic carbocycles. The number of piperidine rings is 1. The molecule has 1 aromatic carbocycles. The topological polar surface area (TPSA) is 62.1 Å². The standard InChI is InChI=1S/C21H20N4O/c26-15-7-4-6-14(12-15)20-23-19-16-8-5-9-22-18(16)13-17(19)21(24-20)25-10-2-1-3-11-25/h4-9,12,26H,1-3,10-11,13H2. The minimum atomic E-state index is 0.230. The average Bonchev–Trinajstić information content (AvgIpc) is 3.06. The molecule has 0 unspecified atom stereocenters. The highest BCUT2D eigenvalue weighted by molar-refractivity contribution is 5.79. The minimum Gasteiger partial charge on any atom is -0.508 e. The van der Waals surface area contributed by atoms with Gasteiger partial charge in [0.2, 0.25) is 0 Å². The van der Waals surface area contributed by atoms with Crippen LogP contribution in [0.4, 0.5) is 5.82 Å². The van der Waals surface area contributed by atoms with E-state index < -0.39 is 0 Å². The molecule has 0 atom stereocenters. The van der Waals surface area contributed by atoms with Crippen LogP contribution in [0.2, 0.25) is 0 Å². The molecule has 0 amide bonds. The van der Waals surface area contributed by atoms with Gasteiger partial charge in [0.25, 0.3) is 0 Å². The van der Waals surface area contributed by atoms with Crippen molar-refractivity contribution in [3.05, 3.63) is 53.9 Å². The Balaban J connectivity index is 1.71. The van der Waals surface area contributed by atoms with Crippen molar-refractivity contribution < 1.29 is 5.11 Å². The number of benzene rings is 1. The third-order valence-corrected chi connectivity index (χ3v) is 5.23. The van der Waals surface area contributed by atoms with Crippen LogP contribution in [0.5, 0.6) is 5.75 Å². The van der Waals surface area contributed by atoms with Crippen LogP contribution in [-0.2, 0) is 6.42 Å². The summed E-state index contributed by atoms with van der Waals surface area (Å²) in [4.78, 5) is 16.8. The summed E-state index contributed by atoms with van der Waals surface area (Å²) >= 11 is 0. The number of aromatic nitrogens is 3. The van der Waals surface area contributed by atoms with Gasteiger partial charge >= 0.3 is 0 Å². The van der Waals surface area contributed by atoms with E-state index in [4.69, 9.17) is 9.97 Å². The maximum atomic E-state index is 9.87. The van der Waals surface area contributed by atoms with Crippen molar-refractivity contribution >= 4 is 5.82 Å². The monoisotopic (exact) mass is 344 g/mol. The number of fused-ring (bicyclic) bond motifs is 3. The van der Waals surface area contributed by atoms with E-state index in [0.29, 0.717) is 5.82 Å². The van der Waals surface area contributed by atoms with Crippen LogP contribution in [-0.4, -0.2) is 33.1 Å². The van der Waals surface area contributed by atoms with Gasteiger partial charge in [-0.15, -0.1) is 0 Å². The SMILES string of the molecule is Oc1cccc(-c2nc3c(c(N4CCCCC4)n2)Cc2ncccc2-3)c1. The summed E-state index contributed by atoms with van der Waals surface area (Å²) in [5, 5.41) is 9.87. The molecule has 5 rings (SSSR count). The van der Waals surface area contributed by atoms with Crippen molar-refractivity contribution in [3.8, 4) is 28.4 Å². The summed E-state index contributed by atoms with van der Waals surface area (Å²) in [6, 6.07) is 11.2. The summed E-state index contributed by atoms with van der Waals surface area (Å²) in [7, 11) is 0. The van der Waals surface area contributed by atoms with E-state index in [1.165, 1.54) is 24.8 Å². The first-order valence-electron chi connectivity index (χ1n) is 9.19. The molecule has 1 aliphatic heterocycles. The molecule has 0 bridgehead atoms. The Labute approximate surface area is 152 Å². The Morgan fingerprint density at radius 1 is 0.962 bits per heavy atom. The van der Waals surface area contributed by atoms with Gasteiger partial charge in [0.1, 0.15) is 11.6 Å². The zero-order chi connectivity index (χ0) is 17.5. The van der Waals surface area contributed by atoms with Crippen molar-refractivity contribution in [2.75, 3.05) is 18.0 Å². The van der Waals surface area contributed by atoms with E-state index in [9.17, 15) is 5.11 Å². The van der Waals surface area contributed by atoms with Crippen molar-refractivity contribution in [2.24, 2.45) is 0 Å². The maximum Gasteiger partial charge on any atom is 0.162 e. The molecule has 2 aromatic heterocycles. The number of aromatic hydroxyl groups is 1. The fourth-order valence-corrected chi connectivity index (χ4v) is 3.96. The molecule has 0 saturated carbocycles. The zero-order valence-corrected chi connectivity index (χ0v) is 14.5. The van der Waals surface area contributed by atoms with Crippen LogP contribution >= 0.6 is 0 Å². The smallest absolute Gasteiger partial charge is 0.162 e. The van der Waals surface area contributed by atoms with Crippen molar-refractivity contribution in [2.45, 2.75) is 25.7 Å². The molecule has 3 heterocycles. The molecule has 2 aliphatic rings. The molecule has 3 aromatic rings. The molecule has 130 valence electrons. The van der Waals surface area contributed by atoms with Crippen LogP contribution in [0.3, 0.4) is 0 Å². The number of rotatable bonds is 2. The molecule has 1 N–H and O–H groups in total. The fraction of sp³-hybridized carbons (Fsp3) is 0.286. The summed E-state index contributed by atoms with van der Waals surface area (Å²) in [5.41, 5.74) is 5.18. The Morgan fingerprint density at radius 3 is 2.69 bits per heavy atom. The number of pyridine rings is 1. The van der Waals surface area contributed by atoms with Gasteiger partial charge in [-0.25, -0.2) is 9.97 Å². The highest BCUT2D eigenvalue weighted by Gasteiger charge is 2.28. The Kier molecular flexibility index (Phi) is 3.59. The van der Waals surface area contributed by atoms with Gasteiger partial charge in [-0.1, -0.05) is 12.1 Å². The average molecular weight is 344 g/mol. The molecular weight excluding hydrogens is 324 g/mol. The lowest BCUT2D eigenvalue weighted by Gasteiger charge is -2.29. The third-order valence-electron chi connectivity index (χ3n) is 5.23. The lowest BCUT2D eigenvalue weighted by molar-refractivity contribution is 0.475. The molecule has 5 heteroatoms. The fourth-order valence-electron chi connectivity index (χ4n) is 3.96. The second kappa shape index (κ2) is 6.09. The van der Waals surface area contributed by atoms with Gasteiger partial charge < -0.3 is 10.0 Å². The Hall–Kier alpha value is -2.95. The highest BCUT2D eigenvalue weighted by atomic mass is 16.3. The number of hydrogen-bond donors (Lipinski definition) is 1. The number of anilines is 1. The molecule has 0 radical (unpaired) electrons. The summed E-state index contributed by atoms with van der Waals surface area (Å²) in [6.45, 7) is 2.07. The summed E-state index contributed by atoms with van der Waals surface area (Å²) in [5.74, 6) is 1.93. The van der Waals surface area contributed by atoms with Crippen molar-refractivity contribution in [3.63, 3.8) is 0 Å². The van der Waals surface area contributed by atoms with Gasteiger partial charge in [-0.3, -0.25) is 4.98 Å².